The van der Waals surface area contributed by atoms with Gasteiger partial charge in [0.25, 0.3) is 0 Å². The molecule has 138 valence electrons. The van der Waals surface area contributed by atoms with Crippen molar-refractivity contribution < 1.29 is 4.79 Å². The van der Waals surface area contributed by atoms with Crippen LogP contribution in [-0.2, 0) is 24.1 Å². The van der Waals surface area contributed by atoms with Crippen LogP contribution in [0, 0.1) is 6.92 Å². The standard InChI is InChI=1S/C19H26N6O/c1-13-22-17-8-10-25(18(26)4-2-3-14-11-20-21-12-14)9-7-16(17)19(23-13)24-15-5-6-15/h11-12,15H,2-10H2,1H3,(H,20,21)(H,22,23,24). The molecule has 0 atom stereocenters. The second-order valence-electron chi connectivity index (χ2n) is 7.30. The summed E-state index contributed by atoms with van der Waals surface area (Å²) in [6, 6.07) is 0.567. The Kier molecular flexibility index (Phi) is 4.86. The number of nitrogens with one attached hydrogen (secondary N) is 2. The van der Waals surface area contributed by atoms with Crippen LogP contribution in [0.5, 0.6) is 0 Å². The van der Waals surface area contributed by atoms with Crippen LogP contribution >= 0.6 is 0 Å². The summed E-state index contributed by atoms with van der Waals surface area (Å²) >= 11 is 0. The third-order valence-corrected chi connectivity index (χ3v) is 5.14. The van der Waals surface area contributed by atoms with Crippen LogP contribution in [0.15, 0.2) is 12.4 Å². The largest absolute Gasteiger partial charge is 0.367 e. The second-order valence-corrected chi connectivity index (χ2v) is 7.30. The molecular formula is C19H26N6O. The number of rotatable bonds is 6. The van der Waals surface area contributed by atoms with Gasteiger partial charge in [-0.3, -0.25) is 9.89 Å². The number of hydrogen-bond acceptors (Lipinski definition) is 5. The number of carbonyl (C=O) groups is 1. The van der Waals surface area contributed by atoms with E-state index in [0.29, 0.717) is 12.5 Å². The van der Waals surface area contributed by atoms with Crippen LogP contribution in [0.3, 0.4) is 0 Å². The van der Waals surface area contributed by atoms with Crippen molar-refractivity contribution in [1.29, 1.82) is 0 Å². The number of nitrogens with zero attached hydrogens (tertiary/aromatic N) is 4. The molecule has 0 unspecified atom stereocenters. The number of H-pyrrole nitrogens is 1. The number of hydrogen-bond donors (Lipinski definition) is 2. The summed E-state index contributed by atoms with van der Waals surface area (Å²) in [5.41, 5.74) is 3.47. The molecule has 3 heterocycles. The molecular weight excluding hydrogens is 328 g/mol. The topological polar surface area (TPSA) is 86.8 Å². The lowest BCUT2D eigenvalue weighted by Gasteiger charge is -2.20. The van der Waals surface area contributed by atoms with E-state index in [1.165, 1.54) is 18.4 Å². The molecule has 4 rings (SSSR count). The second kappa shape index (κ2) is 7.43. The Labute approximate surface area is 153 Å². The average molecular weight is 354 g/mol. The van der Waals surface area contributed by atoms with E-state index in [2.05, 4.69) is 25.5 Å². The maximum Gasteiger partial charge on any atom is 0.222 e. The number of aryl methyl sites for hydroxylation is 2. The first-order valence-electron chi connectivity index (χ1n) is 9.57. The van der Waals surface area contributed by atoms with Gasteiger partial charge in [-0.2, -0.15) is 5.10 Å². The fourth-order valence-electron chi connectivity index (χ4n) is 3.53. The maximum atomic E-state index is 12.6. The molecule has 7 nitrogen and oxygen atoms in total. The summed E-state index contributed by atoms with van der Waals surface area (Å²) in [5, 5.41) is 10.3. The number of aromatic amines is 1. The molecule has 0 spiro atoms. The van der Waals surface area contributed by atoms with Crippen LogP contribution in [-0.4, -0.2) is 50.1 Å². The minimum absolute atomic E-state index is 0.239. The lowest BCUT2D eigenvalue weighted by atomic mass is 10.1. The van der Waals surface area contributed by atoms with Gasteiger partial charge in [0.05, 0.1) is 11.9 Å². The smallest absolute Gasteiger partial charge is 0.222 e. The van der Waals surface area contributed by atoms with Crippen molar-refractivity contribution in [3.05, 3.63) is 35.0 Å². The lowest BCUT2D eigenvalue weighted by molar-refractivity contribution is -0.131. The van der Waals surface area contributed by atoms with Gasteiger partial charge in [0.1, 0.15) is 11.6 Å². The first-order chi connectivity index (χ1) is 12.7. The van der Waals surface area contributed by atoms with Gasteiger partial charge in [-0.25, -0.2) is 9.97 Å². The highest BCUT2D eigenvalue weighted by molar-refractivity contribution is 5.76. The number of aromatic nitrogens is 4. The van der Waals surface area contributed by atoms with Crippen LogP contribution in [0.4, 0.5) is 5.82 Å². The predicted molar refractivity (Wildman–Crippen MR) is 98.9 cm³/mol. The van der Waals surface area contributed by atoms with E-state index in [1.807, 2.05) is 24.2 Å². The van der Waals surface area contributed by atoms with Crippen molar-refractivity contribution in [1.82, 2.24) is 25.1 Å². The van der Waals surface area contributed by atoms with Crippen LogP contribution in [0.1, 0.15) is 48.3 Å². The Bertz CT molecular complexity index is 769. The molecule has 1 saturated carbocycles. The van der Waals surface area contributed by atoms with Crippen molar-refractivity contribution in [2.75, 3.05) is 18.4 Å². The molecule has 1 aliphatic carbocycles. The molecule has 7 heteroatoms. The quantitative estimate of drug-likeness (QED) is 0.829. The minimum atomic E-state index is 0.239. The number of amides is 1. The third-order valence-electron chi connectivity index (χ3n) is 5.14. The SMILES string of the molecule is Cc1nc2c(c(NC3CC3)n1)CCN(C(=O)CCCc1cn[nH]c1)CC2. The molecule has 2 aromatic rings. The van der Waals surface area contributed by atoms with E-state index in [1.54, 1.807) is 0 Å². The molecule has 1 aliphatic heterocycles. The molecule has 0 radical (unpaired) electrons. The fourth-order valence-corrected chi connectivity index (χ4v) is 3.53. The van der Waals surface area contributed by atoms with Crippen LogP contribution in [0.25, 0.3) is 0 Å². The minimum Gasteiger partial charge on any atom is -0.367 e. The fraction of sp³-hybridized carbons (Fsp3) is 0.579. The Morgan fingerprint density at radius 2 is 2.15 bits per heavy atom. The van der Waals surface area contributed by atoms with E-state index in [9.17, 15) is 4.79 Å². The van der Waals surface area contributed by atoms with E-state index < -0.39 is 0 Å². The molecule has 26 heavy (non-hydrogen) atoms. The molecule has 0 bridgehead atoms. The lowest BCUT2D eigenvalue weighted by Crippen LogP contribution is -2.33. The highest BCUT2D eigenvalue weighted by Crippen LogP contribution is 2.28. The van der Waals surface area contributed by atoms with Crippen LogP contribution < -0.4 is 5.32 Å². The summed E-state index contributed by atoms with van der Waals surface area (Å²) in [5.74, 6) is 2.04. The molecule has 2 aromatic heterocycles. The van der Waals surface area contributed by atoms with E-state index >= 15 is 0 Å². The maximum absolute atomic E-state index is 12.6. The number of anilines is 1. The number of fused-ring (bicyclic) bond motifs is 1. The summed E-state index contributed by atoms with van der Waals surface area (Å²) in [6.45, 7) is 3.45. The zero-order valence-corrected chi connectivity index (χ0v) is 15.3. The van der Waals surface area contributed by atoms with Gasteiger partial charge in [0.2, 0.25) is 5.91 Å². The van der Waals surface area contributed by atoms with Gasteiger partial charge >= 0.3 is 0 Å². The predicted octanol–water partition coefficient (Wildman–Crippen LogP) is 2.03. The normalized spacial score (nSPS) is 16.9. The Balaban J connectivity index is 1.37. The van der Waals surface area contributed by atoms with Crippen molar-refractivity contribution in [2.24, 2.45) is 0 Å². The molecule has 1 amide bonds. The highest BCUT2D eigenvalue weighted by Gasteiger charge is 2.26. The van der Waals surface area contributed by atoms with Gasteiger partial charge < -0.3 is 10.2 Å². The van der Waals surface area contributed by atoms with E-state index in [-0.39, 0.29) is 5.91 Å². The van der Waals surface area contributed by atoms with E-state index in [4.69, 9.17) is 0 Å². The zero-order chi connectivity index (χ0) is 17.9. The Morgan fingerprint density at radius 1 is 1.31 bits per heavy atom. The van der Waals surface area contributed by atoms with Crippen molar-refractivity contribution in [2.45, 2.75) is 57.9 Å². The molecule has 0 saturated heterocycles. The number of carbonyl (C=O) groups excluding carboxylic acids is 1. The average Bonchev–Trinajstić information content (AvgIpc) is 3.33. The van der Waals surface area contributed by atoms with Crippen molar-refractivity contribution in [3.8, 4) is 0 Å². The summed E-state index contributed by atoms with van der Waals surface area (Å²) in [7, 11) is 0. The van der Waals surface area contributed by atoms with E-state index in [0.717, 1.165) is 61.7 Å². The Hall–Kier alpha value is -2.44. The summed E-state index contributed by atoms with van der Waals surface area (Å²) < 4.78 is 0. The van der Waals surface area contributed by atoms with Gasteiger partial charge in [-0.1, -0.05) is 0 Å². The van der Waals surface area contributed by atoms with Crippen molar-refractivity contribution in [3.63, 3.8) is 0 Å². The van der Waals surface area contributed by atoms with Gasteiger partial charge in [0.15, 0.2) is 0 Å². The highest BCUT2D eigenvalue weighted by atomic mass is 16.2. The first-order valence-corrected chi connectivity index (χ1v) is 9.57. The van der Waals surface area contributed by atoms with Crippen molar-refractivity contribution >= 4 is 11.7 Å². The zero-order valence-electron chi connectivity index (χ0n) is 15.3. The summed E-state index contributed by atoms with van der Waals surface area (Å²) in [4.78, 5) is 23.9. The molecule has 2 N–H and O–H groups in total. The van der Waals surface area contributed by atoms with Gasteiger partial charge in [-0.05, 0) is 44.6 Å². The summed E-state index contributed by atoms with van der Waals surface area (Å²) in [6.07, 6.45) is 10.1. The monoisotopic (exact) mass is 354 g/mol. The van der Waals surface area contributed by atoms with Gasteiger partial charge in [0, 0.05) is 43.7 Å². The third kappa shape index (κ3) is 4.03. The first kappa shape index (κ1) is 17.0. The molecule has 0 aromatic carbocycles. The van der Waals surface area contributed by atoms with Gasteiger partial charge in [-0.15, -0.1) is 0 Å². The van der Waals surface area contributed by atoms with Crippen LogP contribution in [0.2, 0.25) is 0 Å². The Morgan fingerprint density at radius 3 is 2.92 bits per heavy atom. The molecule has 2 aliphatic rings. The molecule has 1 fully saturated rings.